The number of alkyl halides is 3. The highest BCUT2D eigenvalue weighted by Crippen LogP contribution is 2.42. The standard InChI is InChI=1S/C41H59F3N6O7/c1-25(56-7)34-28(12-8-16-45-34)35-30(20-40(5,6)24-51)29-19-26(14-15-33(29)49(35)23-41(42,43)44)27-11-9-17-48(21-27)22-32(46-38(55)57-39(2,3)4)36(52)50-18-10-13-31(47-50)37(53)54/h14-16,19,25,27,31-32,47,51H,8-13,17-18,20-24H2,1-7H3,(H,46,55)(H,53,54)/t25-,27?,31-,32-/m0/s1. The average Bonchev–Trinajstić information content (AvgIpc) is 3.42. The van der Waals surface area contributed by atoms with Crippen LogP contribution in [0, 0.1) is 5.41 Å². The van der Waals surface area contributed by atoms with Gasteiger partial charge < -0.3 is 34.5 Å². The highest BCUT2D eigenvalue weighted by molar-refractivity contribution is 5.93. The number of amides is 2. The largest absolute Gasteiger partial charge is 0.480 e. The van der Waals surface area contributed by atoms with Crippen molar-refractivity contribution in [3.63, 3.8) is 0 Å². The summed E-state index contributed by atoms with van der Waals surface area (Å²) in [6, 6.07) is 3.64. The molecule has 2 fully saturated rings. The predicted octanol–water partition coefficient (Wildman–Crippen LogP) is 6.03. The number of ether oxygens (including phenoxy) is 2. The zero-order valence-electron chi connectivity index (χ0n) is 34.2. The number of carbonyl (C=O) groups is 3. The number of alkyl carbamates (subject to hydrolysis) is 1. The SMILES string of the molecule is CO[C@@H](C)C1=C(c2c(CC(C)(C)CO)c3cc(C4CCCN(C[C@H](NC(=O)OC(C)(C)C)C(=O)N5CCC[C@@H](C(=O)O)N5)C4)ccc3n2CC(F)(F)F)CCC=N1. The molecule has 57 heavy (non-hydrogen) atoms. The molecule has 4 atom stereocenters. The molecule has 1 aromatic heterocycles. The second kappa shape index (κ2) is 17.9. The minimum absolute atomic E-state index is 0.0550. The molecule has 0 aliphatic carbocycles. The van der Waals surface area contributed by atoms with Crippen molar-refractivity contribution in [3.8, 4) is 0 Å². The van der Waals surface area contributed by atoms with E-state index in [1.165, 1.54) is 9.58 Å². The molecule has 13 nitrogen and oxygen atoms in total. The third kappa shape index (κ3) is 11.1. The molecule has 0 radical (unpaired) electrons. The Hall–Kier alpha value is -3.99. The number of halogens is 3. The van der Waals surface area contributed by atoms with E-state index in [9.17, 15) is 37.8 Å². The third-order valence-corrected chi connectivity index (χ3v) is 10.9. The maximum Gasteiger partial charge on any atom is 0.408 e. The molecule has 316 valence electrons. The van der Waals surface area contributed by atoms with Crippen LogP contribution in [0.25, 0.3) is 16.5 Å². The van der Waals surface area contributed by atoms with E-state index in [0.29, 0.717) is 73.1 Å². The van der Waals surface area contributed by atoms with Gasteiger partial charge in [-0.05, 0) is 114 Å². The van der Waals surface area contributed by atoms with Crippen LogP contribution in [0.2, 0.25) is 0 Å². The maximum atomic E-state index is 14.4. The number of hydrogen-bond acceptors (Lipinski definition) is 9. The van der Waals surface area contributed by atoms with Gasteiger partial charge in [-0.25, -0.2) is 10.2 Å². The van der Waals surface area contributed by atoms with Crippen molar-refractivity contribution < 1.29 is 47.2 Å². The highest BCUT2D eigenvalue weighted by Gasteiger charge is 2.37. The van der Waals surface area contributed by atoms with E-state index < -0.39 is 59.9 Å². The number of piperidine rings is 1. The van der Waals surface area contributed by atoms with Crippen molar-refractivity contribution in [1.82, 2.24) is 25.2 Å². The van der Waals surface area contributed by atoms with Crippen molar-refractivity contribution in [3.05, 3.63) is 40.7 Å². The number of carboxylic acid groups (broad SMARTS) is 1. The van der Waals surface area contributed by atoms with E-state index >= 15 is 0 Å². The lowest BCUT2D eigenvalue weighted by molar-refractivity contribution is -0.148. The quantitative estimate of drug-likeness (QED) is 0.190. The summed E-state index contributed by atoms with van der Waals surface area (Å²) >= 11 is 0. The Morgan fingerprint density at radius 2 is 1.81 bits per heavy atom. The minimum atomic E-state index is -4.52. The molecule has 0 bridgehead atoms. The molecule has 5 rings (SSSR count). The number of carbonyl (C=O) groups excluding carboxylic acids is 2. The molecule has 2 saturated heterocycles. The van der Waals surface area contributed by atoms with Gasteiger partial charge in [-0.3, -0.25) is 19.6 Å². The molecule has 1 aromatic carbocycles. The fourth-order valence-electron chi connectivity index (χ4n) is 8.08. The Bertz CT molecular complexity index is 1850. The number of aliphatic hydroxyl groups is 1. The van der Waals surface area contributed by atoms with Gasteiger partial charge in [0.1, 0.15) is 24.2 Å². The third-order valence-electron chi connectivity index (χ3n) is 10.9. The van der Waals surface area contributed by atoms with E-state index in [-0.39, 0.29) is 25.6 Å². The molecule has 3 aliphatic rings. The summed E-state index contributed by atoms with van der Waals surface area (Å²) in [5.74, 6) is -1.60. The summed E-state index contributed by atoms with van der Waals surface area (Å²) < 4.78 is 55.8. The van der Waals surface area contributed by atoms with Gasteiger partial charge in [0.05, 0.1) is 17.5 Å². The maximum absolute atomic E-state index is 14.4. The Kier molecular flexibility index (Phi) is 13.8. The molecule has 0 spiro atoms. The van der Waals surface area contributed by atoms with Crippen molar-refractivity contribution in [1.29, 1.82) is 0 Å². The van der Waals surface area contributed by atoms with Crippen LogP contribution in [-0.4, -0.2) is 119 Å². The summed E-state index contributed by atoms with van der Waals surface area (Å²) in [6.07, 6.45) is -0.226. The number of hydrogen-bond donors (Lipinski definition) is 4. The number of aliphatic carboxylic acids is 1. The number of likely N-dealkylation sites (tertiary alicyclic amines) is 1. The molecule has 16 heteroatoms. The second-order valence-corrected chi connectivity index (χ2v) is 17.3. The fraction of sp³-hybridized carbons (Fsp3) is 0.659. The number of allylic oxidation sites excluding steroid dienone is 1. The number of nitrogens with one attached hydrogen (secondary N) is 2. The molecule has 1 unspecified atom stereocenters. The predicted molar refractivity (Wildman–Crippen MR) is 211 cm³/mol. The van der Waals surface area contributed by atoms with E-state index in [1.54, 1.807) is 40.2 Å². The number of aromatic nitrogens is 1. The molecular formula is C41H59F3N6O7. The topological polar surface area (TPSA) is 158 Å². The average molecular weight is 805 g/mol. The summed E-state index contributed by atoms with van der Waals surface area (Å²) in [6.45, 7) is 10.9. The van der Waals surface area contributed by atoms with Crippen molar-refractivity contribution in [2.75, 3.05) is 39.9 Å². The molecule has 2 aromatic rings. The first-order chi connectivity index (χ1) is 26.7. The lowest BCUT2D eigenvalue weighted by atomic mass is 9.83. The van der Waals surface area contributed by atoms with Gasteiger partial charge in [0.2, 0.25) is 0 Å². The van der Waals surface area contributed by atoms with Crippen LogP contribution in [-0.2, 0) is 32.0 Å². The van der Waals surface area contributed by atoms with Crippen LogP contribution in [0.3, 0.4) is 0 Å². The number of aliphatic hydroxyl groups excluding tert-OH is 1. The number of methoxy groups -OCH3 is 1. The number of rotatable bonds is 13. The fourth-order valence-corrected chi connectivity index (χ4v) is 8.08. The number of aliphatic imine (C=N–C) groups is 1. The van der Waals surface area contributed by atoms with Gasteiger partial charge in [0.25, 0.3) is 5.91 Å². The van der Waals surface area contributed by atoms with Gasteiger partial charge in [0.15, 0.2) is 0 Å². The van der Waals surface area contributed by atoms with Crippen molar-refractivity contribution in [2.45, 2.75) is 129 Å². The highest BCUT2D eigenvalue weighted by atomic mass is 19.4. The summed E-state index contributed by atoms with van der Waals surface area (Å²) in [7, 11) is 1.55. The molecular weight excluding hydrogens is 745 g/mol. The molecule has 2 amide bonds. The van der Waals surface area contributed by atoms with Gasteiger partial charge in [0, 0.05) is 56.0 Å². The number of hydrazine groups is 1. The van der Waals surface area contributed by atoms with Gasteiger partial charge >= 0.3 is 18.2 Å². The molecule has 0 saturated carbocycles. The summed E-state index contributed by atoms with van der Waals surface area (Å²) in [5, 5.41) is 24.7. The van der Waals surface area contributed by atoms with Crippen LogP contribution in [0.1, 0.15) is 103 Å². The van der Waals surface area contributed by atoms with Crippen LogP contribution in [0.5, 0.6) is 0 Å². The number of benzene rings is 1. The number of fused-ring (bicyclic) bond motifs is 1. The first-order valence-electron chi connectivity index (χ1n) is 19.8. The van der Waals surface area contributed by atoms with Crippen molar-refractivity contribution >= 4 is 40.7 Å². The summed E-state index contributed by atoms with van der Waals surface area (Å²) in [5.41, 5.74) is 5.17. The lowest BCUT2D eigenvalue weighted by Crippen LogP contribution is -2.62. The van der Waals surface area contributed by atoms with E-state index in [1.807, 2.05) is 32.9 Å². The smallest absolute Gasteiger partial charge is 0.408 e. The van der Waals surface area contributed by atoms with Crippen LogP contribution in [0.4, 0.5) is 18.0 Å². The summed E-state index contributed by atoms with van der Waals surface area (Å²) in [4.78, 5) is 45.4. The van der Waals surface area contributed by atoms with Gasteiger partial charge in [-0.2, -0.15) is 13.2 Å². The van der Waals surface area contributed by atoms with Crippen LogP contribution >= 0.6 is 0 Å². The first-order valence-corrected chi connectivity index (χ1v) is 19.8. The normalized spacial score (nSPS) is 21.1. The Balaban J connectivity index is 1.53. The molecule has 4 heterocycles. The van der Waals surface area contributed by atoms with Gasteiger partial charge in [-0.1, -0.05) is 19.9 Å². The Morgan fingerprint density at radius 3 is 2.46 bits per heavy atom. The number of nitrogens with zero attached hydrogens (tertiary/aromatic N) is 4. The van der Waals surface area contributed by atoms with Crippen molar-refractivity contribution in [2.24, 2.45) is 10.4 Å². The van der Waals surface area contributed by atoms with Gasteiger partial charge in [-0.15, -0.1) is 0 Å². The Morgan fingerprint density at radius 1 is 1.09 bits per heavy atom. The van der Waals surface area contributed by atoms with Crippen LogP contribution in [0.15, 0.2) is 28.9 Å². The van der Waals surface area contributed by atoms with E-state index in [2.05, 4.69) is 20.6 Å². The van der Waals surface area contributed by atoms with E-state index in [4.69, 9.17) is 9.47 Å². The first kappa shape index (κ1) is 44.1. The Labute approximate surface area is 332 Å². The lowest BCUT2D eigenvalue weighted by Gasteiger charge is -2.38. The minimum Gasteiger partial charge on any atom is -0.480 e. The zero-order chi connectivity index (χ0) is 41.9. The zero-order valence-corrected chi connectivity index (χ0v) is 34.2. The van der Waals surface area contributed by atoms with E-state index in [0.717, 1.165) is 24.0 Å². The van der Waals surface area contributed by atoms with Crippen LogP contribution < -0.4 is 10.7 Å². The second-order valence-electron chi connectivity index (χ2n) is 17.3. The number of carboxylic acids is 1. The molecule has 3 aliphatic heterocycles. The monoisotopic (exact) mass is 804 g/mol. The molecule has 4 N–H and O–H groups in total.